The molecule has 1 unspecified atom stereocenters. The molecule has 0 saturated heterocycles. The highest BCUT2D eigenvalue weighted by molar-refractivity contribution is 5.85. The normalized spacial score (nSPS) is 18.8. The molecular formula is C15H18F2N2. The van der Waals surface area contributed by atoms with Gasteiger partial charge in [0.1, 0.15) is 11.6 Å². The molecular weight excluding hydrogens is 246 g/mol. The minimum absolute atomic E-state index is 0.415. The Hall–Kier alpha value is -1.42. The van der Waals surface area contributed by atoms with E-state index in [1.165, 1.54) is 6.07 Å². The van der Waals surface area contributed by atoms with Gasteiger partial charge in [-0.15, -0.1) is 0 Å². The summed E-state index contributed by atoms with van der Waals surface area (Å²) in [6.07, 6.45) is 3.88. The Morgan fingerprint density at radius 2 is 2.21 bits per heavy atom. The van der Waals surface area contributed by atoms with E-state index < -0.39 is 11.6 Å². The second kappa shape index (κ2) is 4.93. The fraction of sp³-hybridized carbons (Fsp3) is 0.467. The fourth-order valence-corrected chi connectivity index (χ4v) is 2.96. The Kier molecular flexibility index (Phi) is 3.27. The molecule has 1 aliphatic carbocycles. The van der Waals surface area contributed by atoms with E-state index in [-0.39, 0.29) is 0 Å². The highest BCUT2D eigenvalue weighted by Gasteiger charge is 2.23. The molecule has 0 bridgehead atoms. The molecule has 1 heterocycles. The third-order valence-corrected chi connectivity index (χ3v) is 3.90. The van der Waals surface area contributed by atoms with Gasteiger partial charge < -0.3 is 10.3 Å². The van der Waals surface area contributed by atoms with Gasteiger partial charge in [-0.3, -0.25) is 0 Å². The number of benzene rings is 1. The average molecular weight is 264 g/mol. The number of hydrogen-bond donors (Lipinski definition) is 2. The maximum atomic E-state index is 13.7. The number of nitrogens with one attached hydrogen (secondary N) is 2. The van der Waals surface area contributed by atoms with Crippen LogP contribution < -0.4 is 5.32 Å². The van der Waals surface area contributed by atoms with Crippen molar-refractivity contribution in [2.45, 2.75) is 38.6 Å². The van der Waals surface area contributed by atoms with E-state index >= 15 is 0 Å². The Balaban J connectivity index is 1.98. The molecule has 2 N–H and O–H groups in total. The van der Waals surface area contributed by atoms with Gasteiger partial charge in [0, 0.05) is 23.2 Å². The number of H-pyrrole nitrogens is 1. The zero-order valence-corrected chi connectivity index (χ0v) is 11.0. The van der Waals surface area contributed by atoms with E-state index in [2.05, 4.69) is 17.2 Å². The topological polar surface area (TPSA) is 27.8 Å². The van der Waals surface area contributed by atoms with Crippen molar-refractivity contribution in [2.75, 3.05) is 6.54 Å². The average Bonchev–Trinajstić information content (AvgIpc) is 2.75. The first-order chi connectivity index (χ1) is 9.19. The molecule has 1 atom stereocenters. The van der Waals surface area contributed by atoms with Crippen LogP contribution in [0.5, 0.6) is 0 Å². The zero-order valence-electron chi connectivity index (χ0n) is 11.0. The lowest BCUT2D eigenvalue weighted by Gasteiger charge is -2.23. The van der Waals surface area contributed by atoms with E-state index in [4.69, 9.17) is 0 Å². The summed E-state index contributed by atoms with van der Waals surface area (Å²) < 4.78 is 27.1. The number of halogens is 2. The summed E-state index contributed by atoms with van der Waals surface area (Å²) in [6.45, 7) is 3.13. The van der Waals surface area contributed by atoms with E-state index in [0.717, 1.165) is 49.6 Å². The van der Waals surface area contributed by atoms with Crippen molar-refractivity contribution in [3.05, 3.63) is 35.0 Å². The van der Waals surface area contributed by atoms with Crippen LogP contribution in [-0.2, 0) is 12.8 Å². The molecule has 0 radical (unpaired) electrons. The van der Waals surface area contributed by atoms with Crippen LogP contribution >= 0.6 is 0 Å². The molecule has 1 aliphatic rings. The molecule has 1 aromatic heterocycles. The monoisotopic (exact) mass is 264 g/mol. The molecule has 2 aromatic rings. The van der Waals surface area contributed by atoms with Crippen LogP contribution in [0.25, 0.3) is 10.9 Å². The van der Waals surface area contributed by atoms with E-state index in [9.17, 15) is 8.78 Å². The molecule has 2 nitrogen and oxygen atoms in total. The second-order valence-corrected chi connectivity index (χ2v) is 5.29. The van der Waals surface area contributed by atoms with Crippen molar-refractivity contribution >= 4 is 10.9 Å². The SMILES string of the molecule is CCCNC1CCc2[nH]c3c(F)cc(F)cc3c2C1. The summed E-state index contributed by atoms with van der Waals surface area (Å²) in [5, 5.41) is 4.20. The standard InChI is InChI=1S/C15H18F2N2/c1-2-5-18-10-3-4-14-11(8-10)12-6-9(16)7-13(17)15(12)19-14/h6-7,10,18-19H,2-5,8H2,1H3. The first-order valence-corrected chi connectivity index (χ1v) is 6.91. The predicted octanol–water partition coefficient (Wildman–Crippen LogP) is 3.30. The fourth-order valence-electron chi connectivity index (χ4n) is 2.96. The molecule has 102 valence electrons. The molecule has 19 heavy (non-hydrogen) atoms. The van der Waals surface area contributed by atoms with E-state index in [1.807, 2.05) is 0 Å². The number of aromatic amines is 1. The summed E-state index contributed by atoms with van der Waals surface area (Å²) in [7, 11) is 0. The summed E-state index contributed by atoms with van der Waals surface area (Å²) in [5.41, 5.74) is 2.59. The van der Waals surface area contributed by atoms with E-state index in [0.29, 0.717) is 16.9 Å². The van der Waals surface area contributed by atoms with Crippen LogP contribution in [0.4, 0.5) is 8.78 Å². The summed E-state index contributed by atoms with van der Waals surface area (Å²) in [4.78, 5) is 3.12. The summed E-state index contributed by atoms with van der Waals surface area (Å²) in [6, 6.07) is 2.80. The smallest absolute Gasteiger partial charge is 0.150 e. The van der Waals surface area contributed by atoms with Crippen LogP contribution in [0.2, 0.25) is 0 Å². The maximum Gasteiger partial charge on any atom is 0.150 e. The molecule has 1 aromatic carbocycles. The van der Waals surface area contributed by atoms with Gasteiger partial charge >= 0.3 is 0 Å². The number of aryl methyl sites for hydroxylation is 1. The quantitative estimate of drug-likeness (QED) is 0.874. The van der Waals surface area contributed by atoms with Gasteiger partial charge in [0.2, 0.25) is 0 Å². The van der Waals surface area contributed by atoms with Crippen LogP contribution in [-0.4, -0.2) is 17.6 Å². The number of aromatic nitrogens is 1. The number of rotatable bonds is 3. The highest BCUT2D eigenvalue weighted by atomic mass is 19.1. The number of hydrogen-bond acceptors (Lipinski definition) is 1. The largest absolute Gasteiger partial charge is 0.356 e. The molecule has 0 spiro atoms. The van der Waals surface area contributed by atoms with Crippen molar-refractivity contribution < 1.29 is 8.78 Å². The minimum Gasteiger partial charge on any atom is -0.356 e. The highest BCUT2D eigenvalue weighted by Crippen LogP contribution is 2.31. The molecule has 3 rings (SSSR count). The van der Waals surface area contributed by atoms with Gasteiger partial charge in [0.15, 0.2) is 0 Å². The Morgan fingerprint density at radius 3 is 3.00 bits per heavy atom. The Morgan fingerprint density at radius 1 is 1.37 bits per heavy atom. The Bertz CT molecular complexity index is 604. The van der Waals surface area contributed by atoms with Crippen molar-refractivity contribution in [3.63, 3.8) is 0 Å². The van der Waals surface area contributed by atoms with Gasteiger partial charge in [0.25, 0.3) is 0 Å². The van der Waals surface area contributed by atoms with Gasteiger partial charge in [0.05, 0.1) is 5.52 Å². The van der Waals surface area contributed by atoms with Crippen molar-refractivity contribution in [2.24, 2.45) is 0 Å². The number of fused-ring (bicyclic) bond motifs is 3. The second-order valence-electron chi connectivity index (χ2n) is 5.29. The molecule has 0 saturated carbocycles. The van der Waals surface area contributed by atoms with Crippen LogP contribution in [0.15, 0.2) is 12.1 Å². The van der Waals surface area contributed by atoms with Gasteiger partial charge in [-0.1, -0.05) is 6.92 Å². The van der Waals surface area contributed by atoms with Gasteiger partial charge in [-0.25, -0.2) is 8.78 Å². The lowest BCUT2D eigenvalue weighted by atomic mass is 9.91. The lowest BCUT2D eigenvalue weighted by Crippen LogP contribution is -2.34. The third kappa shape index (κ3) is 2.25. The van der Waals surface area contributed by atoms with Crippen LogP contribution in [0, 0.1) is 11.6 Å². The maximum absolute atomic E-state index is 13.7. The van der Waals surface area contributed by atoms with Crippen molar-refractivity contribution in [3.8, 4) is 0 Å². The summed E-state index contributed by atoms with van der Waals surface area (Å²) >= 11 is 0. The lowest BCUT2D eigenvalue weighted by molar-refractivity contribution is 0.458. The van der Waals surface area contributed by atoms with Crippen LogP contribution in [0.3, 0.4) is 0 Å². The molecule has 0 fully saturated rings. The van der Waals surface area contributed by atoms with E-state index in [1.54, 1.807) is 0 Å². The minimum atomic E-state index is -0.504. The Labute approximate surface area is 111 Å². The molecule has 4 heteroatoms. The molecule has 0 amide bonds. The van der Waals surface area contributed by atoms with Gasteiger partial charge in [-0.05, 0) is 43.9 Å². The first-order valence-electron chi connectivity index (χ1n) is 6.91. The van der Waals surface area contributed by atoms with Crippen molar-refractivity contribution in [1.82, 2.24) is 10.3 Å². The van der Waals surface area contributed by atoms with Crippen LogP contribution in [0.1, 0.15) is 31.0 Å². The predicted molar refractivity (Wildman–Crippen MR) is 72.3 cm³/mol. The van der Waals surface area contributed by atoms with Crippen molar-refractivity contribution in [1.29, 1.82) is 0 Å². The molecule has 0 aliphatic heterocycles. The first kappa shape index (κ1) is 12.6. The third-order valence-electron chi connectivity index (χ3n) is 3.90. The summed E-state index contributed by atoms with van der Waals surface area (Å²) in [5.74, 6) is -1.00. The zero-order chi connectivity index (χ0) is 13.4. The van der Waals surface area contributed by atoms with Gasteiger partial charge in [-0.2, -0.15) is 0 Å².